The monoisotopic (exact) mass is 313 g/mol. The van der Waals surface area contributed by atoms with E-state index < -0.39 is 36.0 Å². The van der Waals surface area contributed by atoms with Crippen molar-refractivity contribution in [3.05, 3.63) is 47.5 Å². The maximum absolute atomic E-state index is 12.8. The molecule has 0 spiro atoms. The lowest BCUT2D eigenvalue weighted by Gasteiger charge is -2.19. The summed E-state index contributed by atoms with van der Waals surface area (Å²) >= 11 is 0. The Balaban J connectivity index is 2.89. The number of hydroxylamine groups is 2. The molecule has 0 aliphatic rings. The summed E-state index contributed by atoms with van der Waals surface area (Å²) in [7, 11) is 0. The van der Waals surface area contributed by atoms with Gasteiger partial charge in [0.2, 0.25) is 5.76 Å². The number of hydrogen-bond donors (Lipinski definition) is 3. The molecule has 0 fully saturated rings. The zero-order valence-electron chi connectivity index (χ0n) is 11.1. The van der Waals surface area contributed by atoms with Crippen molar-refractivity contribution in [2.45, 2.75) is 6.54 Å². The van der Waals surface area contributed by atoms with Gasteiger partial charge in [0.1, 0.15) is 5.82 Å². The first-order valence-corrected chi connectivity index (χ1v) is 5.84. The van der Waals surface area contributed by atoms with Gasteiger partial charge in [-0.1, -0.05) is 12.1 Å². The van der Waals surface area contributed by atoms with Crippen LogP contribution in [0.5, 0.6) is 0 Å². The van der Waals surface area contributed by atoms with Gasteiger partial charge in [0.25, 0.3) is 5.91 Å². The summed E-state index contributed by atoms with van der Waals surface area (Å²) in [6, 6.07) is 4.92. The van der Waals surface area contributed by atoms with Gasteiger partial charge >= 0.3 is 11.9 Å². The van der Waals surface area contributed by atoms with E-state index in [-0.39, 0.29) is 6.54 Å². The zero-order valence-corrected chi connectivity index (χ0v) is 11.1. The second-order valence-corrected chi connectivity index (χ2v) is 4.00. The summed E-state index contributed by atoms with van der Waals surface area (Å²) in [5, 5.41) is 26.6. The first kappa shape index (κ1) is 17.1. The van der Waals surface area contributed by atoms with E-state index in [4.69, 9.17) is 20.2 Å². The van der Waals surface area contributed by atoms with Crippen molar-refractivity contribution in [2.75, 3.05) is 6.61 Å². The van der Waals surface area contributed by atoms with Gasteiger partial charge in [-0.25, -0.2) is 19.0 Å². The summed E-state index contributed by atoms with van der Waals surface area (Å²) in [6.07, 6.45) is 0.369. The molecule has 0 aliphatic carbocycles. The molecule has 0 saturated carbocycles. The molecule has 0 aromatic heterocycles. The van der Waals surface area contributed by atoms with Gasteiger partial charge in [-0.3, -0.25) is 9.63 Å². The van der Waals surface area contributed by atoms with Crippen LogP contribution in [0.4, 0.5) is 4.39 Å². The summed E-state index contributed by atoms with van der Waals surface area (Å²) in [5.41, 5.74) is 0.406. The van der Waals surface area contributed by atoms with Gasteiger partial charge in [0.05, 0.1) is 12.6 Å². The Morgan fingerprint density at radius 2 is 1.73 bits per heavy atom. The molecule has 0 unspecified atom stereocenters. The van der Waals surface area contributed by atoms with Crippen molar-refractivity contribution in [1.82, 2.24) is 5.06 Å². The predicted octanol–water partition coefficient (Wildman–Crippen LogP) is 0.697. The third kappa shape index (κ3) is 5.59. The van der Waals surface area contributed by atoms with Crippen LogP contribution >= 0.6 is 0 Å². The first-order valence-electron chi connectivity index (χ1n) is 5.84. The lowest BCUT2D eigenvalue weighted by molar-refractivity contribution is -0.192. The molecule has 0 aliphatic heterocycles. The molecule has 1 rings (SSSR count). The second kappa shape index (κ2) is 7.74. The number of carbonyl (C=O) groups excluding carboxylic acids is 1. The van der Waals surface area contributed by atoms with Gasteiger partial charge in [0.15, 0.2) is 6.61 Å². The van der Waals surface area contributed by atoms with Crippen LogP contribution < -0.4 is 0 Å². The molecule has 0 bridgehead atoms. The standard InChI is InChI=1S/C13H12FNO7/c14-9-3-1-8(2-4-9)6-15(22-7-12(18)19)11(17)5-10(16)13(20)21/h1-5,16H,6-7H2,(H,18,19)(H,20,21)/b10-5-. The number of aliphatic carboxylic acids is 2. The number of aliphatic hydroxyl groups is 1. The van der Waals surface area contributed by atoms with Gasteiger partial charge in [-0.2, -0.15) is 0 Å². The van der Waals surface area contributed by atoms with Gasteiger partial charge in [-0.15, -0.1) is 0 Å². The zero-order chi connectivity index (χ0) is 16.7. The van der Waals surface area contributed by atoms with Crippen molar-refractivity contribution in [1.29, 1.82) is 0 Å². The molecule has 8 nitrogen and oxygen atoms in total. The minimum Gasteiger partial charge on any atom is -0.502 e. The number of aliphatic hydroxyl groups excluding tert-OH is 1. The van der Waals surface area contributed by atoms with E-state index >= 15 is 0 Å². The molecule has 1 aromatic rings. The fourth-order valence-corrected chi connectivity index (χ4v) is 1.33. The number of amides is 1. The topological polar surface area (TPSA) is 124 Å². The Morgan fingerprint density at radius 1 is 1.14 bits per heavy atom. The fourth-order valence-electron chi connectivity index (χ4n) is 1.33. The number of carboxylic acids is 2. The minimum atomic E-state index is -1.73. The number of hydrogen-bond acceptors (Lipinski definition) is 5. The van der Waals surface area contributed by atoms with Crippen LogP contribution in [0.1, 0.15) is 5.56 Å². The lowest BCUT2D eigenvalue weighted by atomic mass is 10.2. The van der Waals surface area contributed by atoms with Crippen LogP contribution in [-0.2, 0) is 25.8 Å². The summed E-state index contributed by atoms with van der Waals surface area (Å²) in [6.45, 7) is -1.12. The second-order valence-electron chi connectivity index (χ2n) is 4.00. The average molecular weight is 313 g/mol. The maximum Gasteiger partial charge on any atom is 0.371 e. The fraction of sp³-hybridized carbons (Fsp3) is 0.154. The largest absolute Gasteiger partial charge is 0.502 e. The van der Waals surface area contributed by atoms with Crippen molar-refractivity contribution < 1.29 is 38.9 Å². The maximum atomic E-state index is 12.8. The number of halogens is 1. The smallest absolute Gasteiger partial charge is 0.371 e. The Bertz CT molecular complexity index is 597. The van der Waals surface area contributed by atoms with Gasteiger partial charge in [-0.05, 0) is 17.7 Å². The van der Waals surface area contributed by atoms with E-state index in [0.29, 0.717) is 16.7 Å². The highest BCUT2D eigenvalue weighted by Crippen LogP contribution is 2.08. The predicted molar refractivity (Wildman–Crippen MR) is 68.9 cm³/mol. The van der Waals surface area contributed by atoms with Crippen LogP contribution in [0.25, 0.3) is 0 Å². The third-order valence-electron chi connectivity index (χ3n) is 2.31. The van der Waals surface area contributed by atoms with E-state index in [1.54, 1.807) is 0 Å². The van der Waals surface area contributed by atoms with Crippen molar-refractivity contribution >= 4 is 17.8 Å². The highest BCUT2D eigenvalue weighted by Gasteiger charge is 2.17. The number of carboxylic acid groups (broad SMARTS) is 2. The SMILES string of the molecule is O=C(O)CON(Cc1ccc(F)cc1)C(=O)/C=C(\O)C(=O)O. The summed E-state index contributed by atoms with van der Waals surface area (Å²) in [5.74, 6) is -5.90. The van der Waals surface area contributed by atoms with E-state index in [1.165, 1.54) is 12.1 Å². The molecule has 118 valence electrons. The Morgan fingerprint density at radius 3 is 2.23 bits per heavy atom. The third-order valence-corrected chi connectivity index (χ3v) is 2.31. The van der Waals surface area contributed by atoms with Crippen LogP contribution in [0.3, 0.4) is 0 Å². The summed E-state index contributed by atoms with van der Waals surface area (Å²) in [4.78, 5) is 37.4. The van der Waals surface area contributed by atoms with Crippen LogP contribution in [0, 0.1) is 5.82 Å². The van der Waals surface area contributed by atoms with Crippen molar-refractivity contribution in [3.8, 4) is 0 Å². The molecule has 1 aromatic carbocycles. The van der Waals surface area contributed by atoms with E-state index in [2.05, 4.69) is 0 Å². The van der Waals surface area contributed by atoms with Crippen LogP contribution in [-0.4, -0.2) is 44.8 Å². The molecule has 9 heteroatoms. The molecular formula is C13H12FNO7. The molecule has 0 heterocycles. The first-order chi connectivity index (χ1) is 10.3. The molecule has 0 saturated heterocycles. The molecule has 3 N–H and O–H groups in total. The summed E-state index contributed by atoms with van der Waals surface area (Å²) < 4.78 is 12.8. The number of carbonyl (C=O) groups is 3. The average Bonchev–Trinajstić information content (AvgIpc) is 2.44. The van der Waals surface area contributed by atoms with E-state index in [0.717, 1.165) is 12.1 Å². The highest BCUT2D eigenvalue weighted by atomic mass is 19.1. The molecule has 0 atom stereocenters. The van der Waals surface area contributed by atoms with Gasteiger partial charge < -0.3 is 15.3 Å². The number of nitrogens with zero attached hydrogens (tertiary/aromatic N) is 1. The van der Waals surface area contributed by atoms with Crippen LogP contribution in [0.15, 0.2) is 36.1 Å². The minimum absolute atomic E-state index is 0.268. The van der Waals surface area contributed by atoms with Crippen molar-refractivity contribution in [3.63, 3.8) is 0 Å². The van der Waals surface area contributed by atoms with Crippen LogP contribution in [0.2, 0.25) is 0 Å². The molecular weight excluding hydrogens is 301 g/mol. The van der Waals surface area contributed by atoms with Gasteiger partial charge in [0, 0.05) is 0 Å². The lowest BCUT2D eigenvalue weighted by Crippen LogP contribution is -2.32. The normalized spacial score (nSPS) is 11.0. The molecule has 1 amide bonds. The highest BCUT2D eigenvalue weighted by molar-refractivity contribution is 5.95. The Labute approximate surface area is 123 Å². The van der Waals surface area contributed by atoms with E-state index in [9.17, 15) is 18.8 Å². The molecule has 0 radical (unpaired) electrons. The number of rotatable bonds is 7. The van der Waals surface area contributed by atoms with E-state index in [1.807, 2.05) is 0 Å². The Hall–Kier alpha value is -2.94. The quantitative estimate of drug-likeness (QED) is 0.384. The Kier molecular flexibility index (Phi) is 6.02. The molecule has 22 heavy (non-hydrogen) atoms. The van der Waals surface area contributed by atoms with Crippen molar-refractivity contribution in [2.24, 2.45) is 0 Å². The number of benzene rings is 1.